The lowest BCUT2D eigenvalue weighted by Crippen LogP contribution is -2.37. The first-order valence-corrected chi connectivity index (χ1v) is 7.69. The highest BCUT2D eigenvalue weighted by Gasteiger charge is 2.18. The second-order valence-corrected chi connectivity index (χ2v) is 5.27. The minimum atomic E-state index is 0.482. The topological polar surface area (TPSA) is 12.5 Å². The lowest BCUT2D eigenvalue weighted by atomic mass is 10.1. The normalized spacial score (nSPS) is 11.1. The molecule has 19 heavy (non-hydrogen) atoms. The summed E-state index contributed by atoms with van der Waals surface area (Å²) in [6.45, 7) is 5.97. The number of ether oxygens (including phenoxy) is 1. The molecular formula is C15H23Cl2NO. The number of methoxy groups -OCH3 is 1. The maximum atomic E-state index is 6.14. The molecule has 0 heterocycles. The van der Waals surface area contributed by atoms with Crippen LogP contribution in [0.25, 0.3) is 0 Å². The summed E-state index contributed by atoms with van der Waals surface area (Å²) in [7, 11) is 1.73. The Kier molecular flexibility index (Phi) is 7.59. The lowest BCUT2D eigenvalue weighted by Gasteiger charge is -2.34. The van der Waals surface area contributed by atoms with Crippen molar-refractivity contribution >= 4 is 28.9 Å². The molecule has 0 unspecified atom stereocenters. The third-order valence-electron chi connectivity index (χ3n) is 3.42. The van der Waals surface area contributed by atoms with Crippen LogP contribution in [-0.2, 0) is 10.6 Å². The average Bonchev–Trinajstić information content (AvgIpc) is 2.43. The molecule has 0 radical (unpaired) electrons. The first-order chi connectivity index (χ1) is 9.17. The Labute approximate surface area is 126 Å². The van der Waals surface area contributed by atoms with E-state index >= 15 is 0 Å². The lowest BCUT2D eigenvalue weighted by molar-refractivity contribution is 0.202. The van der Waals surface area contributed by atoms with Crippen LogP contribution >= 0.6 is 23.2 Å². The number of nitrogens with zero attached hydrogens (tertiary/aromatic N) is 1. The van der Waals surface area contributed by atoms with E-state index in [1.165, 1.54) is 0 Å². The van der Waals surface area contributed by atoms with Gasteiger partial charge in [0.05, 0.1) is 6.61 Å². The van der Waals surface area contributed by atoms with Crippen molar-refractivity contribution in [3.05, 3.63) is 28.8 Å². The van der Waals surface area contributed by atoms with Gasteiger partial charge in [-0.15, -0.1) is 11.6 Å². The third kappa shape index (κ3) is 4.55. The van der Waals surface area contributed by atoms with Crippen molar-refractivity contribution < 1.29 is 4.74 Å². The molecule has 0 atom stereocenters. The van der Waals surface area contributed by atoms with Gasteiger partial charge in [-0.1, -0.05) is 31.5 Å². The van der Waals surface area contributed by atoms with Crippen molar-refractivity contribution in [3.8, 4) is 0 Å². The molecule has 1 aromatic carbocycles. The molecule has 0 aromatic heterocycles. The van der Waals surface area contributed by atoms with E-state index in [0.29, 0.717) is 18.5 Å². The highest BCUT2D eigenvalue weighted by molar-refractivity contribution is 6.31. The summed E-state index contributed by atoms with van der Waals surface area (Å²) in [6, 6.07) is 6.39. The van der Waals surface area contributed by atoms with E-state index in [9.17, 15) is 0 Å². The van der Waals surface area contributed by atoms with Gasteiger partial charge in [0.1, 0.15) is 0 Å². The Morgan fingerprint density at radius 2 is 1.95 bits per heavy atom. The van der Waals surface area contributed by atoms with Crippen LogP contribution in [0.1, 0.15) is 32.3 Å². The van der Waals surface area contributed by atoms with E-state index < -0.39 is 0 Å². The quantitative estimate of drug-likeness (QED) is 0.644. The molecule has 1 rings (SSSR count). The Hall–Kier alpha value is -0.440. The van der Waals surface area contributed by atoms with Gasteiger partial charge < -0.3 is 9.64 Å². The van der Waals surface area contributed by atoms with E-state index in [2.05, 4.69) is 18.7 Å². The van der Waals surface area contributed by atoms with Crippen molar-refractivity contribution in [2.24, 2.45) is 0 Å². The zero-order valence-corrected chi connectivity index (χ0v) is 13.5. The molecule has 0 aliphatic heterocycles. The van der Waals surface area contributed by atoms with Crippen LogP contribution in [0.4, 0.5) is 5.69 Å². The van der Waals surface area contributed by atoms with E-state index in [4.69, 9.17) is 27.9 Å². The molecule has 1 aromatic rings. The van der Waals surface area contributed by atoms with Gasteiger partial charge in [-0.05, 0) is 30.5 Å². The smallest absolute Gasteiger partial charge is 0.0637 e. The molecule has 4 heteroatoms. The molecular weight excluding hydrogens is 281 g/mol. The molecule has 0 saturated carbocycles. The van der Waals surface area contributed by atoms with E-state index in [1.807, 2.05) is 18.2 Å². The summed E-state index contributed by atoms with van der Waals surface area (Å²) in [6.07, 6.45) is 2.18. The van der Waals surface area contributed by atoms with Crippen molar-refractivity contribution in [2.75, 3.05) is 25.2 Å². The van der Waals surface area contributed by atoms with Gasteiger partial charge in [0, 0.05) is 36.3 Å². The van der Waals surface area contributed by atoms with Crippen molar-refractivity contribution in [1.82, 2.24) is 0 Å². The largest absolute Gasteiger partial charge is 0.383 e. The van der Waals surface area contributed by atoms with Gasteiger partial charge in [0.25, 0.3) is 0 Å². The summed E-state index contributed by atoms with van der Waals surface area (Å²) >= 11 is 12.2. The highest BCUT2D eigenvalue weighted by atomic mass is 35.5. The Bertz CT molecular complexity index is 380. The van der Waals surface area contributed by atoms with Gasteiger partial charge in [0.15, 0.2) is 0 Å². The molecule has 2 nitrogen and oxygen atoms in total. The fourth-order valence-corrected chi connectivity index (χ4v) is 2.73. The SMILES string of the molecule is CCC(CC)N(CCOC)c1cc(Cl)ccc1CCl. The minimum absolute atomic E-state index is 0.482. The number of rotatable bonds is 8. The number of halogens is 2. The maximum absolute atomic E-state index is 6.14. The van der Waals surface area contributed by atoms with E-state index in [-0.39, 0.29) is 0 Å². The second-order valence-electron chi connectivity index (χ2n) is 4.56. The highest BCUT2D eigenvalue weighted by Crippen LogP contribution is 2.29. The number of hydrogen-bond acceptors (Lipinski definition) is 2. The predicted octanol–water partition coefficient (Wildman–Crippen LogP) is 4.72. The molecule has 0 spiro atoms. The molecule has 0 amide bonds. The summed E-state index contributed by atoms with van der Waals surface area (Å²) < 4.78 is 5.23. The number of hydrogen-bond donors (Lipinski definition) is 0. The maximum Gasteiger partial charge on any atom is 0.0637 e. The fourth-order valence-electron chi connectivity index (χ4n) is 2.34. The monoisotopic (exact) mass is 303 g/mol. The first kappa shape index (κ1) is 16.6. The summed E-state index contributed by atoms with van der Waals surface area (Å²) in [4.78, 5) is 2.37. The van der Waals surface area contributed by atoms with Gasteiger partial charge in [-0.2, -0.15) is 0 Å². The Morgan fingerprint density at radius 1 is 1.26 bits per heavy atom. The van der Waals surface area contributed by atoms with Gasteiger partial charge in [-0.25, -0.2) is 0 Å². The van der Waals surface area contributed by atoms with Crippen LogP contribution < -0.4 is 4.90 Å². The van der Waals surface area contributed by atoms with Gasteiger partial charge >= 0.3 is 0 Å². The standard InChI is InChI=1S/C15H23Cl2NO/c1-4-14(5-2)18(8-9-19-3)15-10-13(17)7-6-12(15)11-16/h6-7,10,14H,4-5,8-9,11H2,1-3H3. The molecule has 0 fully saturated rings. The van der Waals surface area contributed by atoms with Crippen molar-refractivity contribution in [2.45, 2.75) is 38.6 Å². The molecule has 0 N–H and O–H groups in total. The van der Waals surface area contributed by atoms with Crippen LogP contribution in [0.3, 0.4) is 0 Å². The summed E-state index contributed by atoms with van der Waals surface area (Å²) in [5.41, 5.74) is 2.25. The fraction of sp³-hybridized carbons (Fsp3) is 0.600. The molecule has 0 aliphatic rings. The van der Waals surface area contributed by atoms with Crippen LogP contribution in [0.5, 0.6) is 0 Å². The minimum Gasteiger partial charge on any atom is -0.383 e. The summed E-state index contributed by atoms with van der Waals surface area (Å²) in [5, 5.41) is 0.747. The molecule has 108 valence electrons. The number of anilines is 1. The second kappa shape index (κ2) is 8.68. The molecule has 0 saturated heterocycles. The van der Waals surface area contributed by atoms with Crippen LogP contribution in [0.15, 0.2) is 18.2 Å². The Balaban J connectivity index is 3.10. The number of benzene rings is 1. The van der Waals surface area contributed by atoms with Crippen molar-refractivity contribution in [1.29, 1.82) is 0 Å². The Morgan fingerprint density at radius 3 is 2.47 bits per heavy atom. The zero-order chi connectivity index (χ0) is 14.3. The van der Waals surface area contributed by atoms with Gasteiger partial charge in [-0.3, -0.25) is 0 Å². The van der Waals surface area contributed by atoms with Crippen LogP contribution in [-0.4, -0.2) is 26.3 Å². The first-order valence-electron chi connectivity index (χ1n) is 6.77. The van der Waals surface area contributed by atoms with Crippen LogP contribution in [0.2, 0.25) is 5.02 Å². The zero-order valence-electron chi connectivity index (χ0n) is 12.0. The van der Waals surface area contributed by atoms with Crippen molar-refractivity contribution in [3.63, 3.8) is 0 Å². The average molecular weight is 304 g/mol. The number of alkyl halides is 1. The predicted molar refractivity (Wildman–Crippen MR) is 84.6 cm³/mol. The van der Waals surface area contributed by atoms with E-state index in [0.717, 1.165) is 35.7 Å². The van der Waals surface area contributed by atoms with Crippen LogP contribution in [0, 0.1) is 0 Å². The third-order valence-corrected chi connectivity index (χ3v) is 3.94. The van der Waals surface area contributed by atoms with E-state index in [1.54, 1.807) is 7.11 Å². The van der Waals surface area contributed by atoms with Gasteiger partial charge in [0.2, 0.25) is 0 Å². The molecule has 0 bridgehead atoms. The summed E-state index contributed by atoms with van der Waals surface area (Å²) in [5.74, 6) is 0.496. The molecule has 0 aliphatic carbocycles.